The Balaban J connectivity index is 1.84. The SMILES string of the molecule is CCN(CC)c1ccc(/C=C(/NC(=O)c2ccccc2)C(=O)N/N=C\c2cccc(Cl)c2Cl)cc1. The van der Waals surface area contributed by atoms with Gasteiger partial charge in [0.2, 0.25) is 0 Å². The predicted octanol–water partition coefficient (Wildman–Crippen LogP) is 5.76. The van der Waals surface area contributed by atoms with Crippen molar-refractivity contribution in [1.82, 2.24) is 10.7 Å². The molecule has 6 nitrogen and oxygen atoms in total. The molecular weight excluding hydrogens is 483 g/mol. The first kappa shape index (κ1) is 26.0. The van der Waals surface area contributed by atoms with Crippen LogP contribution < -0.4 is 15.6 Å². The lowest BCUT2D eigenvalue weighted by atomic mass is 10.1. The van der Waals surface area contributed by atoms with Gasteiger partial charge in [-0.1, -0.05) is 65.7 Å². The van der Waals surface area contributed by atoms with Crippen molar-refractivity contribution in [2.24, 2.45) is 5.10 Å². The van der Waals surface area contributed by atoms with Crippen molar-refractivity contribution in [2.75, 3.05) is 18.0 Å². The fraction of sp³-hybridized carbons (Fsp3) is 0.148. The molecule has 0 bridgehead atoms. The second-order valence-electron chi connectivity index (χ2n) is 7.48. The highest BCUT2D eigenvalue weighted by Gasteiger charge is 2.14. The third-order valence-electron chi connectivity index (χ3n) is 5.21. The van der Waals surface area contributed by atoms with Gasteiger partial charge in [0.1, 0.15) is 5.70 Å². The maximum Gasteiger partial charge on any atom is 0.287 e. The number of carbonyl (C=O) groups is 2. The molecule has 0 spiro atoms. The summed E-state index contributed by atoms with van der Waals surface area (Å²) in [5.74, 6) is -0.995. The minimum absolute atomic E-state index is 0.0452. The molecule has 0 heterocycles. The van der Waals surface area contributed by atoms with Crippen LogP contribution in [-0.4, -0.2) is 31.1 Å². The number of hydrogen-bond acceptors (Lipinski definition) is 4. The largest absolute Gasteiger partial charge is 0.372 e. The average Bonchev–Trinajstić information content (AvgIpc) is 2.88. The van der Waals surface area contributed by atoms with Gasteiger partial charge in [-0.3, -0.25) is 9.59 Å². The molecule has 0 aliphatic carbocycles. The molecule has 2 amide bonds. The number of amides is 2. The molecular formula is C27H26Cl2N4O2. The van der Waals surface area contributed by atoms with Crippen LogP contribution >= 0.6 is 23.2 Å². The molecule has 0 fully saturated rings. The summed E-state index contributed by atoms with van der Waals surface area (Å²) in [6.45, 7) is 5.97. The molecule has 0 saturated carbocycles. The second kappa shape index (κ2) is 12.7. The van der Waals surface area contributed by atoms with Crippen LogP contribution in [-0.2, 0) is 4.79 Å². The Kier molecular flexibility index (Phi) is 9.47. The number of carbonyl (C=O) groups excluding carboxylic acids is 2. The van der Waals surface area contributed by atoms with E-state index in [0.717, 1.165) is 24.3 Å². The summed E-state index contributed by atoms with van der Waals surface area (Å²) in [7, 11) is 0. The Morgan fingerprint density at radius 3 is 2.26 bits per heavy atom. The lowest BCUT2D eigenvalue weighted by Gasteiger charge is -2.20. The summed E-state index contributed by atoms with van der Waals surface area (Å²) in [6.07, 6.45) is 2.99. The number of nitrogens with zero attached hydrogens (tertiary/aromatic N) is 2. The Bertz CT molecular complexity index is 1220. The van der Waals surface area contributed by atoms with Crippen LogP contribution in [0.4, 0.5) is 5.69 Å². The van der Waals surface area contributed by atoms with Crippen molar-refractivity contribution < 1.29 is 9.59 Å². The molecule has 0 aliphatic heterocycles. The maximum atomic E-state index is 12.9. The summed E-state index contributed by atoms with van der Waals surface area (Å²) in [5, 5.41) is 7.38. The van der Waals surface area contributed by atoms with Gasteiger partial charge in [0.15, 0.2) is 0 Å². The fourth-order valence-corrected chi connectivity index (χ4v) is 3.68. The van der Waals surface area contributed by atoms with Crippen molar-refractivity contribution in [1.29, 1.82) is 0 Å². The van der Waals surface area contributed by atoms with Crippen LogP contribution in [0.15, 0.2) is 83.6 Å². The fourth-order valence-electron chi connectivity index (χ4n) is 3.32. The normalized spacial score (nSPS) is 11.4. The van der Waals surface area contributed by atoms with E-state index in [2.05, 4.69) is 34.6 Å². The molecule has 3 rings (SSSR count). The maximum absolute atomic E-state index is 12.9. The second-order valence-corrected chi connectivity index (χ2v) is 8.27. The zero-order valence-electron chi connectivity index (χ0n) is 19.5. The summed E-state index contributed by atoms with van der Waals surface area (Å²) >= 11 is 12.2. The molecule has 0 unspecified atom stereocenters. The molecule has 35 heavy (non-hydrogen) atoms. The first-order valence-corrected chi connectivity index (χ1v) is 11.9. The van der Waals surface area contributed by atoms with E-state index < -0.39 is 11.8 Å². The van der Waals surface area contributed by atoms with Gasteiger partial charge in [-0.25, -0.2) is 5.43 Å². The first-order valence-electron chi connectivity index (χ1n) is 11.1. The van der Waals surface area contributed by atoms with E-state index in [0.29, 0.717) is 21.2 Å². The predicted molar refractivity (Wildman–Crippen MR) is 144 cm³/mol. The van der Waals surface area contributed by atoms with Crippen LogP contribution in [0.2, 0.25) is 10.0 Å². The molecule has 0 atom stereocenters. The molecule has 0 aliphatic rings. The van der Waals surface area contributed by atoms with Gasteiger partial charge in [-0.15, -0.1) is 0 Å². The summed E-state index contributed by atoms with van der Waals surface area (Å²) in [4.78, 5) is 27.9. The molecule has 3 aromatic carbocycles. The van der Waals surface area contributed by atoms with Crippen molar-refractivity contribution >= 4 is 53.0 Å². The van der Waals surface area contributed by atoms with E-state index in [1.54, 1.807) is 48.5 Å². The number of nitrogens with one attached hydrogen (secondary N) is 2. The zero-order chi connectivity index (χ0) is 25.2. The molecule has 2 N–H and O–H groups in total. The quantitative estimate of drug-likeness (QED) is 0.219. The standard InChI is InChI=1S/C27H26Cl2N4O2/c1-3-33(4-2)22-15-13-19(14-16-22)17-24(31-26(34)20-9-6-5-7-10-20)27(35)32-30-18-21-11-8-12-23(28)25(21)29/h5-18H,3-4H2,1-2H3,(H,31,34)(H,32,35)/b24-17+,30-18-. The smallest absolute Gasteiger partial charge is 0.287 e. The first-order chi connectivity index (χ1) is 16.9. The average molecular weight is 509 g/mol. The molecule has 180 valence electrons. The van der Waals surface area contributed by atoms with Gasteiger partial charge in [0, 0.05) is 29.9 Å². The Morgan fingerprint density at radius 1 is 0.914 bits per heavy atom. The Hall–Kier alpha value is -3.61. The summed E-state index contributed by atoms with van der Waals surface area (Å²) < 4.78 is 0. The van der Waals surface area contributed by atoms with Crippen LogP contribution in [0.25, 0.3) is 6.08 Å². The molecule has 0 radical (unpaired) electrons. The van der Waals surface area contributed by atoms with Gasteiger partial charge in [0.25, 0.3) is 11.8 Å². The minimum atomic E-state index is -0.587. The van der Waals surface area contributed by atoms with Crippen LogP contribution in [0.1, 0.15) is 35.3 Å². The minimum Gasteiger partial charge on any atom is -0.372 e. The molecule has 8 heteroatoms. The van der Waals surface area contributed by atoms with Crippen molar-refractivity contribution in [3.05, 3.63) is 105 Å². The summed E-state index contributed by atoms with van der Waals surface area (Å²) in [5.41, 5.74) is 5.29. The lowest BCUT2D eigenvalue weighted by molar-refractivity contribution is -0.117. The van der Waals surface area contributed by atoms with Crippen molar-refractivity contribution in [3.8, 4) is 0 Å². The van der Waals surface area contributed by atoms with E-state index >= 15 is 0 Å². The highest BCUT2D eigenvalue weighted by molar-refractivity contribution is 6.43. The highest BCUT2D eigenvalue weighted by Crippen LogP contribution is 2.24. The zero-order valence-corrected chi connectivity index (χ0v) is 21.0. The van der Waals surface area contributed by atoms with E-state index in [9.17, 15) is 9.59 Å². The Morgan fingerprint density at radius 2 is 1.60 bits per heavy atom. The lowest BCUT2D eigenvalue weighted by Crippen LogP contribution is -2.32. The Labute approximate surface area is 215 Å². The van der Waals surface area contributed by atoms with Crippen LogP contribution in [0, 0.1) is 0 Å². The van der Waals surface area contributed by atoms with E-state index in [4.69, 9.17) is 23.2 Å². The third kappa shape index (κ3) is 7.18. The van der Waals surface area contributed by atoms with Crippen LogP contribution in [0.3, 0.4) is 0 Å². The molecule has 0 saturated heterocycles. The number of halogens is 2. The number of rotatable bonds is 9. The van der Waals surface area contributed by atoms with E-state index in [1.807, 2.05) is 30.3 Å². The van der Waals surface area contributed by atoms with Crippen molar-refractivity contribution in [3.63, 3.8) is 0 Å². The van der Waals surface area contributed by atoms with E-state index in [-0.39, 0.29) is 5.70 Å². The van der Waals surface area contributed by atoms with E-state index in [1.165, 1.54) is 6.21 Å². The van der Waals surface area contributed by atoms with Gasteiger partial charge in [0.05, 0.1) is 16.3 Å². The number of hydrazone groups is 1. The molecule has 3 aromatic rings. The van der Waals surface area contributed by atoms with Crippen molar-refractivity contribution in [2.45, 2.75) is 13.8 Å². The monoisotopic (exact) mass is 508 g/mol. The van der Waals surface area contributed by atoms with Gasteiger partial charge in [-0.05, 0) is 55.8 Å². The molecule has 0 aromatic heterocycles. The van der Waals surface area contributed by atoms with Gasteiger partial charge in [-0.2, -0.15) is 5.10 Å². The number of anilines is 1. The number of benzene rings is 3. The number of hydrogen-bond donors (Lipinski definition) is 2. The summed E-state index contributed by atoms with van der Waals surface area (Å²) in [6, 6.07) is 21.5. The van der Waals surface area contributed by atoms with Gasteiger partial charge < -0.3 is 10.2 Å². The van der Waals surface area contributed by atoms with Gasteiger partial charge >= 0.3 is 0 Å². The topological polar surface area (TPSA) is 73.8 Å². The third-order valence-corrected chi connectivity index (χ3v) is 6.05. The highest BCUT2D eigenvalue weighted by atomic mass is 35.5. The van der Waals surface area contributed by atoms with Crippen LogP contribution in [0.5, 0.6) is 0 Å².